The molecule has 0 aliphatic carbocycles. The van der Waals surface area contributed by atoms with Crippen LogP contribution in [0.25, 0.3) is 11.5 Å². The summed E-state index contributed by atoms with van der Waals surface area (Å²) in [6.07, 6.45) is 2.76. The molecule has 8 nitrogen and oxygen atoms in total. The highest BCUT2D eigenvalue weighted by Crippen LogP contribution is 2.19. The minimum atomic E-state index is -0.246. The number of rotatable bonds is 10. The van der Waals surface area contributed by atoms with Crippen LogP contribution in [0.4, 0.5) is 17.3 Å². The molecule has 0 aliphatic rings. The van der Waals surface area contributed by atoms with E-state index in [0.29, 0.717) is 42.9 Å². The van der Waals surface area contributed by atoms with E-state index in [2.05, 4.69) is 25.6 Å². The van der Waals surface area contributed by atoms with Gasteiger partial charge < -0.3 is 21.1 Å². The van der Waals surface area contributed by atoms with Crippen molar-refractivity contribution in [2.75, 3.05) is 36.1 Å². The highest BCUT2D eigenvalue weighted by atomic mass is 16.5. The first kappa shape index (κ1) is 21.0. The van der Waals surface area contributed by atoms with Crippen molar-refractivity contribution in [2.24, 2.45) is 0 Å². The molecule has 0 unspecified atom stereocenters. The third-order valence-electron chi connectivity index (χ3n) is 4.23. The molecule has 2 heterocycles. The van der Waals surface area contributed by atoms with Gasteiger partial charge in [-0.05, 0) is 43.2 Å². The summed E-state index contributed by atoms with van der Waals surface area (Å²) < 4.78 is 4.96. The zero-order valence-electron chi connectivity index (χ0n) is 17.0. The Morgan fingerprint density at radius 1 is 1.03 bits per heavy atom. The van der Waals surface area contributed by atoms with Crippen LogP contribution in [0.3, 0.4) is 0 Å². The van der Waals surface area contributed by atoms with Crippen LogP contribution in [-0.2, 0) is 16.0 Å². The van der Waals surface area contributed by atoms with Crippen LogP contribution in [0.1, 0.15) is 18.9 Å². The molecular formula is C22H26N6O2. The Hall–Kier alpha value is -3.68. The third kappa shape index (κ3) is 6.44. The Labute approximate surface area is 175 Å². The largest absolute Gasteiger partial charge is 0.466 e. The molecule has 4 N–H and O–H groups in total. The first-order valence-electron chi connectivity index (χ1n) is 9.92. The summed E-state index contributed by atoms with van der Waals surface area (Å²) in [5, 5.41) is 6.50. The van der Waals surface area contributed by atoms with Crippen molar-refractivity contribution in [3.8, 4) is 11.5 Å². The number of hydrogen-bond acceptors (Lipinski definition) is 8. The average Bonchev–Trinajstić information content (AvgIpc) is 2.75. The molecule has 3 rings (SSSR count). The Kier molecular flexibility index (Phi) is 7.54. The van der Waals surface area contributed by atoms with Crippen LogP contribution in [0, 0.1) is 0 Å². The number of anilines is 3. The van der Waals surface area contributed by atoms with Crippen LogP contribution < -0.4 is 16.4 Å². The number of carbonyl (C=O) groups is 1. The molecule has 2 aromatic heterocycles. The number of aromatic nitrogens is 3. The lowest BCUT2D eigenvalue weighted by atomic mass is 10.1. The van der Waals surface area contributed by atoms with Gasteiger partial charge in [0.2, 0.25) is 0 Å². The second-order valence-corrected chi connectivity index (χ2v) is 6.58. The quantitative estimate of drug-likeness (QED) is 0.347. The van der Waals surface area contributed by atoms with E-state index < -0.39 is 0 Å². The number of benzene rings is 1. The second kappa shape index (κ2) is 10.8. The molecule has 1 aromatic carbocycles. The van der Waals surface area contributed by atoms with E-state index in [9.17, 15) is 4.79 Å². The van der Waals surface area contributed by atoms with Gasteiger partial charge in [0.15, 0.2) is 5.82 Å². The zero-order chi connectivity index (χ0) is 21.2. The van der Waals surface area contributed by atoms with Crippen molar-refractivity contribution in [3.63, 3.8) is 0 Å². The van der Waals surface area contributed by atoms with Gasteiger partial charge in [0.1, 0.15) is 17.3 Å². The van der Waals surface area contributed by atoms with Crippen LogP contribution in [-0.4, -0.2) is 40.6 Å². The summed E-state index contributed by atoms with van der Waals surface area (Å²) in [7, 11) is 0. The average molecular weight is 406 g/mol. The van der Waals surface area contributed by atoms with Crippen LogP contribution in [0.5, 0.6) is 0 Å². The molecular weight excluding hydrogens is 380 g/mol. The van der Waals surface area contributed by atoms with Gasteiger partial charge in [-0.1, -0.05) is 18.2 Å². The molecule has 0 saturated heterocycles. The molecule has 8 heteroatoms. The van der Waals surface area contributed by atoms with Gasteiger partial charge in [-0.25, -0.2) is 9.97 Å². The van der Waals surface area contributed by atoms with Crippen LogP contribution in [0.15, 0.2) is 54.7 Å². The number of hydrogen-bond donors (Lipinski definition) is 3. The number of ether oxygens (including phenoxy) is 1. The maximum Gasteiger partial charge on any atom is 0.307 e. The molecule has 156 valence electrons. The van der Waals surface area contributed by atoms with Crippen molar-refractivity contribution in [1.82, 2.24) is 15.0 Å². The van der Waals surface area contributed by atoms with Gasteiger partial charge in [-0.3, -0.25) is 9.78 Å². The Balaban J connectivity index is 1.69. The van der Waals surface area contributed by atoms with Crippen LogP contribution in [0.2, 0.25) is 0 Å². The van der Waals surface area contributed by atoms with E-state index in [0.717, 1.165) is 17.7 Å². The molecule has 0 amide bonds. The summed E-state index contributed by atoms with van der Waals surface area (Å²) in [4.78, 5) is 25.0. The monoisotopic (exact) mass is 406 g/mol. The van der Waals surface area contributed by atoms with Crippen molar-refractivity contribution in [2.45, 2.75) is 19.8 Å². The van der Waals surface area contributed by atoms with E-state index in [1.165, 1.54) is 0 Å². The predicted molar refractivity (Wildman–Crippen MR) is 118 cm³/mol. The summed E-state index contributed by atoms with van der Waals surface area (Å²) in [6.45, 7) is 3.26. The van der Waals surface area contributed by atoms with Crippen molar-refractivity contribution >= 4 is 23.3 Å². The predicted octanol–water partition coefficient (Wildman–Crippen LogP) is 3.14. The van der Waals surface area contributed by atoms with Gasteiger partial charge in [-0.2, -0.15) is 0 Å². The number of pyridine rings is 1. The van der Waals surface area contributed by atoms with Gasteiger partial charge in [0, 0.05) is 31.0 Å². The molecule has 0 fully saturated rings. The maximum absolute atomic E-state index is 11.6. The first-order valence-corrected chi connectivity index (χ1v) is 9.92. The van der Waals surface area contributed by atoms with Crippen molar-refractivity contribution in [1.29, 1.82) is 0 Å². The van der Waals surface area contributed by atoms with E-state index in [1.54, 1.807) is 13.1 Å². The number of nitrogens with two attached hydrogens (primary N) is 1. The normalized spacial score (nSPS) is 10.4. The molecule has 0 bridgehead atoms. The molecule has 3 aromatic rings. The zero-order valence-corrected chi connectivity index (χ0v) is 17.0. The summed E-state index contributed by atoms with van der Waals surface area (Å²) in [5.74, 6) is 1.54. The second-order valence-electron chi connectivity index (χ2n) is 6.58. The number of carbonyl (C=O) groups excluding carboxylic acids is 1. The van der Waals surface area contributed by atoms with E-state index in [1.807, 2.05) is 48.5 Å². The van der Waals surface area contributed by atoms with Gasteiger partial charge in [-0.15, -0.1) is 0 Å². The van der Waals surface area contributed by atoms with E-state index in [-0.39, 0.29) is 12.4 Å². The molecule has 0 aliphatic heterocycles. The topological polar surface area (TPSA) is 115 Å². The molecule has 30 heavy (non-hydrogen) atoms. The molecule has 0 saturated carbocycles. The number of nitrogen functional groups attached to an aromatic ring is 1. The van der Waals surface area contributed by atoms with E-state index >= 15 is 0 Å². The Morgan fingerprint density at radius 3 is 2.53 bits per heavy atom. The van der Waals surface area contributed by atoms with Crippen molar-refractivity contribution < 1.29 is 9.53 Å². The van der Waals surface area contributed by atoms with Gasteiger partial charge >= 0.3 is 5.97 Å². The summed E-state index contributed by atoms with van der Waals surface area (Å²) in [5.41, 5.74) is 8.41. The minimum absolute atomic E-state index is 0.246. The van der Waals surface area contributed by atoms with Gasteiger partial charge in [0.05, 0.1) is 13.0 Å². The highest BCUT2D eigenvalue weighted by molar-refractivity contribution is 5.70. The molecule has 0 atom stereocenters. The fourth-order valence-corrected chi connectivity index (χ4v) is 2.85. The van der Waals surface area contributed by atoms with Crippen molar-refractivity contribution in [3.05, 3.63) is 60.3 Å². The minimum Gasteiger partial charge on any atom is -0.466 e. The molecule has 0 spiro atoms. The molecule has 0 radical (unpaired) electrons. The fraction of sp³-hybridized carbons (Fsp3) is 0.273. The Morgan fingerprint density at radius 2 is 1.83 bits per heavy atom. The summed E-state index contributed by atoms with van der Waals surface area (Å²) in [6, 6.07) is 15.2. The lowest BCUT2D eigenvalue weighted by molar-refractivity contribution is -0.142. The third-order valence-corrected chi connectivity index (χ3v) is 4.23. The number of esters is 1. The first-order chi connectivity index (χ1) is 14.6. The maximum atomic E-state index is 11.6. The highest BCUT2D eigenvalue weighted by Gasteiger charge is 2.09. The SMILES string of the molecule is CCOC(=O)CCNc1cc(NCCc2cccc(N)c2)nc(-c2ccccn2)n1. The van der Waals surface area contributed by atoms with Crippen LogP contribution >= 0.6 is 0 Å². The fourth-order valence-electron chi connectivity index (χ4n) is 2.85. The lowest BCUT2D eigenvalue weighted by Crippen LogP contribution is -2.13. The van der Waals surface area contributed by atoms with Gasteiger partial charge in [0.25, 0.3) is 0 Å². The lowest BCUT2D eigenvalue weighted by Gasteiger charge is -2.11. The standard InChI is InChI=1S/C22H26N6O2/c1-2-30-21(29)10-13-26-20-15-19(25-12-9-16-6-5-7-17(23)14-16)27-22(28-20)18-8-3-4-11-24-18/h3-8,11,14-15H,2,9-10,12-13,23H2,1H3,(H2,25,26,27,28). The Bertz CT molecular complexity index is 965. The van der Waals surface area contributed by atoms with E-state index in [4.69, 9.17) is 10.5 Å². The smallest absolute Gasteiger partial charge is 0.307 e. The summed E-state index contributed by atoms with van der Waals surface area (Å²) >= 11 is 0. The number of nitrogens with one attached hydrogen (secondary N) is 2. The number of nitrogens with zero attached hydrogens (tertiary/aromatic N) is 3.